The Morgan fingerprint density at radius 1 is 1.00 bits per heavy atom. The summed E-state index contributed by atoms with van der Waals surface area (Å²) in [6.07, 6.45) is 5.43. The maximum absolute atomic E-state index is 4.39. The Hall–Kier alpha value is -2.55. The molecule has 0 saturated heterocycles. The second-order valence-electron chi connectivity index (χ2n) is 4.79. The molecule has 0 saturated carbocycles. The summed E-state index contributed by atoms with van der Waals surface area (Å²) in [5.41, 5.74) is 5.72. The standard InChI is InChI=1S/C17H16N3/c1-13-6-5-7-14(15-9-10-18-12-19-15)17(13)16-8-3-4-11-20(16)2/h3-12H,1-2H3/q+1. The average Bonchev–Trinajstić information content (AvgIpc) is 2.49. The van der Waals surface area contributed by atoms with E-state index in [-0.39, 0.29) is 0 Å². The number of aryl methyl sites for hydroxylation is 2. The first-order valence-corrected chi connectivity index (χ1v) is 6.58. The van der Waals surface area contributed by atoms with Gasteiger partial charge in [-0.2, -0.15) is 0 Å². The summed E-state index contributed by atoms with van der Waals surface area (Å²) in [6.45, 7) is 2.13. The van der Waals surface area contributed by atoms with Gasteiger partial charge in [-0.3, -0.25) is 0 Å². The van der Waals surface area contributed by atoms with E-state index in [4.69, 9.17) is 0 Å². The molecule has 3 aromatic rings. The highest BCUT2D eigenvalue weighted by atomic mass is 14.9. The van der Waals surface area contributed by atoms with E-state index in [9.17, 15) is 0 Å². The molecule has 2 aromatic heterocycles. The Balaban J connectivity index is 2.29. The molecule has 0 amide bonds. The lowest BCUT2D eigenvalue weighted by Gasteiger charge is -2.10. The fourth-order valence-corrected chi connectivity index (χ4v) is 2.45. The predicted molar refractivity (Wildman–Crippen MR) is 78.8 cm³/mol. The third-order valence-electron chi connectivity index (χ3n) is 3.44. The van der Waals surface area contributed by atoms with E-state index in [1.807, 2.05) is 12.1 Å². The van der Waals surface area contributed by atoms with E-state index in [2.05, 4.69) is 65.0 Å². The van der Waals surface area contributed by atoms with Gasteiger partial charge in [0.2, 0.25) is 5.69 Å². The molecular formula is C17H16N3+. The molecule has 0 bridgehead atoms. The van der Waals surface area contributed by atoms with Crippen LogP contribution in [0.1, 0.15) is 5.56 Å². The minimum atomic E-state index is 0.947. The predicted octanol–water partition coefficient (Wildman–Crippen LogP) is 2.94. The van der Waals surface area contributed by atoms with Gasteiger partial charge < -0.3 is 0 Å². The summed E-state index contributed by atoms with van der Waals surface area (Å²) in [5, 5.41) is 0. The number of rotatable bonds is 2. The van der Waals surface area contributed by atoms with Gasteiger partial charge in [-0.25, -0.2) is 14.5 Å². The zero-order valence-corrected chi connectivity index (χ0v) is 11.6. The summed E-state index contributed by atoms with van der Waals surface area (Å²) in [7, 11) is 2.06. The third-order valence-corrected chi connectivity index (χ3v) is 3.44. The summed E-state index contributed by atoms with van der Waals surface area (Å²) in [6, 6.07) is 14.5. The number of hydrogen-bond donors (Lipinski definition) is 0. The van der Waals surface area contributed by atoms with Gasteiger partial charge in [-0.15, -0.1) is 0 Å². The van der Waals surface area contributed by atoms with Crippen molar-refractivity contribution in [2.24, 2.45) is 7.05 Å². The van der Waals surface area contributed by atoms with Crippen molar-refractivity contribution in [3.63, 3.8) is 0 Å². The van der Waals surface area contributed by atoms with Gasteiger partial charge >= 0.3 is 0 Å². The Bertz CT molecular complexity index is 736. The van der Waals surface area contributed by atoms with Crippen molar-refractivity contribution < 1.29 is 4.57 Å². The quantitative estimate of drug-likeness (QED) is 0.665. The lowest BCUT2D eigenvalue weighted by Crippen LogP contribution is -2.30. The molecule has 0 radical (unpaired) electrons. The molecule has 0 atom stereocenters. The van der Waals surface area contributed by atoms with E-state index in [0.717, 1.165) is 11.3 Å². The largest absolute Gasteiger partial charge is 0.245 e. The molecule has 3 heteroatoms. The molecule has 0 aliphatic carbocycles. The molecule has 3 nitrogen and oxygen atoms in total. The van der Waals surface area contributed by atoms with Crippen molar-refractivity contribution >= 4 is 0 Å². The van der Waals surface area contributed by atoms with Crippen LogP contribution in [0, 0.1) is 6.92 Å². The van der Waals surface area contributed by atoms with E-state index >= 15 is 0 Å². The lowest BCUT2D eigenvalue weighted by molar-refractivity contribution is -0.660. The van der Waals surface area contributed by atoms with Gasteiger partial charge in [0.1, 0.15) is 13.4 Å². The Morgan fingerprint density at radius 3 is 2.65 bits per heavy atom. The van der Waals surface area contributed by atoms with Crippen molar-refractivity contribution in [1.29, 1.82) is 0 Å². The lowest BCUT2D eigenvalue weighted by atomic mass is 9.96. The van der Waals surface area contributed by atoms with Crippen LogP contribution in [0.25, 0.3) is 22.5 Å². The highest BCUT2D eigenvalue weighted by molar-refractivity contribution is 5.81. The summed E-state index contributed by atoms with van der Waals surface area (Å²) >= 11 is 0. The van der Waals surface area contributed by atoms with Crippen LogP contribution in [-0.4, -0.2) is 9.97 Å². The molecule has 0 aliphatic heterocycles. The highest BCUT2D eigenvalue weighted by Gasteiger charge is 2.17. The van der Waals surface area contributed by atoms with Gasteiger partial charge in [0.25, 0.3) is 0 Å². The van der Waals surface area contributed by atoms with Gasteiger partial charge in [0.05, 0.1) is 11.3 Å². The Labute approximate surface area is 118 Å². The van der Waals surface area contributed by atoms with Gasteiger partial charge in [-0.1, -0.05) is 18.2 Å². The number of benzene rings is 1. The average molecular weight is 262 g/mol. The molecule has 98 valence electrons. The SMILES string of the molecule is Cc1cccc(-c2ccncn2)c1-c1cccc[n+]1C. The molecule has 0 aliphatic rings. The van der Waals surface area contributed by atoms with Gasteiger partial charge in [-0.05, 0) is 24.6 Å². The van der Waals surface area contributed by atoms with Crippen LogP contribution in [0.3, 0.4) is 0 Å². The van der Waals surface area contributed by atoms with Crippen LogP contribution < -0.4 is 4.57 Å². The van der Waals surface area contributed by atoms with Crippen LogP contribution in [0.2, 0.25) is 0 Å². The first kappa shape index (κ1) is 12.5. The summed E-state index contributed by atoms with van der Waals surface area (Å²) in [5.74, 6) is 0. The molecule has 3 rings (SSSR count). The van der Waals surface area contributed by atoms with Crippen molar-refractivity contribution in [1.82, 2.24) is 9.97 Å². The maximum Gasteiger partial charge on any atom is 0.213 e. The molecule has 20 heavy (non-hydrogen) atoms. The number of pyridine rings is 1. The minimum Gasteiger partial charge on any atom is -0.245 e. The maximum atomic E-state index is 4.39. The van der Waals surface area contributed by atoms with Crippen molar-refractivity contribution in [2.45, 2.75) is 6.92 Å². The number of hydrogen-bond acceptors (Lipinski definition) is 2. The van der Waals surface area contributed by atoms with E-state index in [0.29, 0.717) is 0 Å². The molecule has 0 N–H and O–H groups in total. The first-order valence-electron chi connectivity index (χ1n) is 6.58. The molecule has 2 heterocycles. The summed E-state index contributed by atoms with van der Waals surface area (Å²) in [4.78, 5) is 8.38. The second-order valence-corrected chi connectivity index (χ2v) is 4.79. The second kappa shape index (κ2) is 5.21. The van der Waals surface area contributed by atoms with Crippen LogP contribution in [-0.2, 0) is 7.05 Å². The van der Waals surface area contributed by atoms with Gasteiger partial charge in [0, 0.05) is 23.9 Å². The van der Waals surface area contributed by atoms with Crippen LogP contribution in [0.4, 0.5) is 0 Å². The monoisotopic (exact) mass is 262 g/mol. The van der Waals surface area contributed by atoms with E-state index < -0.39 is 0 Å². The normalized spacial score (nSPS) is 10.5. The van der Waals surface area contributed by atoms with Crippen LogP contribution in [0.15, 0.2) is 61.2 Å². The third kappa shape index (κ3) is 2.18. The summed E-state index contributed by atoms with van der Waals surface area (Å²) < 4.78 is 2.13. The molecule has 0 spiro atoms. The van der Waals surface area contributed by atoms with Gasteiger partial charge in [0.15, 0.2) is 6.20 Å². The molecule has 1 aromatic carbocycles. The minimum absolute atomic E-state index is 0.947. The molecule has 0 fully saturated rings. The van der Waals surface area contributed by atoms with Crippen molar-refractivity contribution in [2.75, 3.05) is 0 Å². The zero-order chi connectivity index (χ0) is 13.9. The van der Waals surface area contributed by atoms with Crippen molar-refractivity contribution in [3.05, 3.63) is 66.7 Å². The highest BCUT2D eigenvalue weighted by Crippen LogP contribution is 2.31. The molecule has 0 unspecified atom stereocenters. The van der Waals surface area contributed by atoms with E-state index in [1.54, 1.807) is 12.5 Å². The van der Waals surface area contributed by atoms with E-state index in [1.165, 1.54) is 16.8 Å². The number of aromatic nitrogens is 3. The first-order chi connectivity index (χ1) is 9.77. The fourth-order valence-electron chi connectivity index (χ4n) is 2.45. The Kier molecular flexibility index (Phi) is 3.25. The Morgan fingerprint density at radius 2 is 1.90 bits per heavy atom. The fraction of sp³-hybridized carbons (Fsp3) is 0.118. The van der Waals surface area contributed by atoms with Crippen LogP contribution >= 0.6 is 0 Å². The topological polar surface area (TPSA) is 29.7 Å². The van der Waals surface area contributed by atoms with Crippen LogP contribution in [0.5, 0.6) is 0 Å². The molecular weight excluding hydrogens is 246 g/mol. The van der Waals surface area contributed by atoms with Crippen molar-refractivity contribution in [3.8, 4) is 22.5 Å². The smallest absolute Gasteiger partial charge is 0.213 e. The number of nitrogens with zero attached hydrogens (tertiary/aromatic N) is 3. The zero-order valence-electron chi connectivity index (χ0n) is 11.6.